The first-order valence-corrected chi connectivity index (χ1v) is 12.6. The molecule has 1 saturated heterocycles. The number of methoxy groups -OCH3 is 1. The molecular weight excluding hydrogens is 544 g/mol. The number of aromatic nitrogens is 1. The van der Waals surface area contributed by atoms with Crippen LogP contribution in [0.15, 0.2) is 36.4 Å². The molecule has 0 spiro atoms. The Morgan fingerprint density at radius 1 is 1.23 bits per heavy atom. The van der Waals surface area contributed by atoms with E-state index in [1.165, 1.54) is 24.1 Å². The van der Waals surface area contributed by atoms with Crippen molar-refractivity contribution in [3.63, 3.8) is 0 Å². The van der Waals surface area contributed by atoms with E-state index in [0.717, 1.165) is 12.1 Å². The Balaban J connectivity index is 1.55. The van der Waals surface area contributed by atoms with E-state index in [4.69, 9.17) is 16.3 Å². The SMILES string of the molecule is COc1cccc(C(O)(C(=O)NCC(F)CC2CCN(c3ccc(C(=O)N(C)C)c(Cl)n3)CC2)C(F)(F)F)c1. The molecule has 0 bridgehead atoms. The lowest BCUT2D eigenvalue weighted by Crippen LogP contribution is -2.55. The van der Waals surface area contributed by atoms with Crippen LogP contribution in [0.3, 0.4) is 0 Å². The molecule has 1 aliphatic rings. The molecule has 0 saturated carbocycles. The summed E-state index contributed by atoms with van der Waals surface area (Å²) in [7, 11) is 4.45. The van der Waals surface area contributed by atoms with E-state index in [0.29, 0.717) is 31.7 Å². The van der Waals surface area contributed by atoms with Crippen LogP contribution >= 0.6 is 11.6 Å². The molecule has 214 valence electrons. The molecule has 2 amide bonds. The predicted molar refractivity (Wildman–Crippen MR) is 138 cm³/mol. The van der Waals surface area contributed by atoms with Gasteiger partial charge in [0, 0.05) is 39.3 Å². The fraction of sp³-hybridized carbons (Fsp3) is 0.500. The van der Waals surface area contributed by atoms with Crippen molar-refractivity contribution >= 4 is 29.2 Å². The highest BCUT2D eigenvalue weighted by molar-refractivity contribution is 6.32. The molecule has 2 aromatic rings. The quantitative estimate of drug-likeness (QED) is 0.348. The summed E-state index contributed by atoms with van der Waals surface area (Å²) in [6.45, 7) is 0.398. The van der Waals surface area contributed by atoms with Crippen LogP contribution in [0.25, 0.3) is 0 Å². The molecule has 0 aliphatic carbocycles. The second-order valence-corrected chi connectivity index (χ2v) is 9.98. The standard InChI is InChI=1S/C26H31ClF4N4O4/c1-34(2)23(36)20-7-8-21(33-22(20)27)35-11-9-16(10-12-35)13-18(28)15-32-24(37)25(38,26(29,30)31)17-5-4-6-19(14-17)39-3/h4-8,14,16,18,38H,9-13,15H2,1-3H3,(H,32,37). The minimum Gasteiger partial charge on any atom is -0.497 e. The van der Waals surface area contributed by atoms with Gasteiger partial charge in [0.1, 0.15) is 22.9 Å². The number of carbonyl (C=O) groups is 2. The topological polar surface area (TPSA) is 95.0 Å². The first kappa shape index (κ1) is 30.4. The number of hydrogen-bond acceptors (Lipinski definition) is 6. The van der Waals surface area contributed by atoms with Gasteiger partial charge >= 0.3 is 6.18 Å². The lowest BCUT2D eigenvalue weighted by atomic mass is 9.90. The molecule has 2 N–H and O–H groups in total. The van der Waals surface area contributed by atoms with Crippen LogP contribution in [0.5, 0.6) is 5.75 Å². The van der Waals surface area contributed by atoms with Crippen LogP contribution < -0.4 is 15.0 Å². The highest BCUT2D eigenvalue weighted by Gasteiger charge is 2.61. The van der Waals surface area contributed by atoms with Gasteiger partial charge in [0.25, 0.3) is 17.4 Å². The van der Waals surface area contributed by atoms with Gasteiger partial charge in [-0.3, -0.25) is 9.59 Å². The molecule has 1 aromatic heterocycles. The van der Waals surface area contributed by atoms with E-state index in [-0.39, 0.29) is 34.7 Å². The minimum absolute atomic E-state index is 0.0214. The Morgan fingerprint density at radius 3 is 2.46 bits per heavy atom. The molecule has 1 fully saturated rings. The van der Waals surface area contributed by atoms with Gasteiger partial charge in [0.2, 0.25) is 0 Å². The maximum Gasteiger partial charge on any atom is 0.430 e. The maximum atomic E-state index is 14.7. The molecule has 2 atom stereocenters. The van der Waals surface area contributed by atoms with Crippen LogP contribution in [-0.4, -0.2) is 80.0 Å². The number of benzene rings is 1. The van der Waals surface area contributed by atoms with Crippen molar-refractivity contribution in [2.45, 2.75) is 37.2 Å². The zero-order valence-electron chi connectivity index (χ0n) is 21.8. The Bertz CT molecular complexity index is 1170. The number of hydrogen-bond donors (Lipinski definition) is 2. The minimum atomic E-state index is -5.35. The number of alkyl halides is 4. The van der Waals surface area contributed by atoms with Gasteiger partial charge in [-0.05, 0) is 49.4 Å². The third kappa shape index (κ3) is 6.91. The Kier molecular flexibility index (Phi) is 9.65. The Labute approximate surface area is 228 Å². The summed E-state index contributed by atoms with van der Waals surface area (Å²) in [6.07, 6.45) is -5.76. The summed E-state index contributed by atoms with van der Waals surface area (Å²) in [6, 6.07) is 7.74. The first-order chi connectivity index (χ1) is 18.3. The first-order valence-electron chi connectivity index (χ1n) is 12.3. The summed E-state index contributed by atoms with van der Waals surface area (Å²) in [5.41, 5.74) is -4.32. The van der Waals surface area contributed by atoms with Crippen LogP contribution in [0.1, 0.15) is 35.2 Å². The van der Waals surface area contributed by atoms with Crippen LogP contribution in [0.4, 0.5) is 23.4 Å². The molecule has 8 nitrogen and oxygen atoms in total. The van der Waals surface area contributed by atoms with Crippen LogP contribution in [-0.2, 0) is 10.4 Å². The second-order valence-electron chi connectivity index (χ2n) is 9.62. The highest BCUT2D eigenvalue weighted by atomic mass is 35.5. The smallest absolute Gasteiger partial charge is 0.430 e. The molecule has 0 radical (unpaired) electrons. The summed E-state index contributed by atoms with van der Waals surface area (Å²) in [5.74, 6) is -1.50. The molecule has 39 heavy (non-hydrogen) atoms. The Morgan fingerprint density at radius 2 is 1.90 bits per heavy atom. The van der Waals surface area contributed by atoms with Gasteiger partial charge in [-0.2, -0.15) is 13.2 Å². The van der Waals surface area contributed by atoms with E-state index in [9.17, 15) is 32.3 Å². The third-order valence-electron chi connectivity index (χ3n) is 6.71. The second kappa shape index (κ2) is 12.4. The van der Waals surface area contributed by atoms with Crippen molar-refractivity contribution < 1.29 is 37.0 Å². The number of nitrogens with zero attached hydrogens (tertiary/aromatic N) is 3. The highest BCUT2D eigenvalue weighted by Crippen LogP contribution is 2.40. The van der Waals surface area contributed by atoms with E-state index in [2.05, 4.69) is 4.98 Å². The van der Waals surface area contributed by atoms with Crippen molar-refractivity contribution in [1.29, 1.82) is 0 Å². The van der Waals surface area contributed by atoms with Gasteiger partial charge in [-0.1, -0.05) is 23.7 Å². The van der Waals surface area contributed by atoms with Crippen molar-refractivity contribution in [2.75, 3.05) is 45.7 Å². The number of anilines is 1. The van der Waals surface area contributed by atoms with Gasteiger partial charge in [-0.15, -0.1) is 0 Å². The van der Waals surface area contributed by atoms with Crippen LogP contribution in [0, 0.1) is 5.92 Å². The summed E-state index contributed by atoms with van der Waals surface area (Å²) < 4.78 is 61.0. The predicted octanol–water partition coefficient (Wildman–Crippen LogP) is 3.96. The number of rotatable bonds is 9. The molecule has 1 aromatic carbocycles. The fourth-order valence-corrected chi connectivity index (χ4v) is 4.68. The number of nitrogens with one attached hydrogen (secondary N) is 1. The zero-order chi connectivity index (χ0) is 29.0. The Hall–Kier alpha value is -3.12. The van der Waals surface area contributed by atoms with Crippen LogP contribution in [0.2, 0.25) is 5.15 Å². The summed E-state index contributed by atoms with van der Waals surface area (Å²) in [5, 5.41) is 12.4. The lowest BCUT2D eigenvalue weighted by molar-refractivity contribution is -0.257. The largest absolute Gasteiger partial charge is 0.497 e. The van der Waals surface area contributed by atoms with Gasteiger partial charge < -0.3 is 25.0 Å². The van der Waals surface area contributed by atoms with Gasteiger partial charge in [0.05, 0.1) is 12.7 Å². The molecule has 13 heteroatoms. The fourth-order valence-electron chi connectivity index (χ4n) is 4.45. The normalized spacial score (nSPS) is 16.8. The number of ether oxygens (including phenoxy) is 1. The summed E-state index contributed by atoms with van der Waals surface area (Å²) in [4.78, 5) is 32.3. The number of halogens is 5. The van der Waals surface area contributed by atoms with Crippen molar-refractivity contribution in [1.82, 2.24) is 15.2 Å². The van der Waals surface area contributed by atoms with E-state index >= 15 is 0 Å². The third-order valence-corrected chi connectivity index (χ3v) is 7.00. The van der Waals surface area contributed by atoms with E-state index in [1.807, 2.05) is 10.2 Å². The van der Waals surface area contributed by atoms with Crippen molar-refractivity contribution in [2.24, 2.45) is 5.92 Å². The average Bonchev–Trinajstić information content (AvgIpc) is 2.90. The lowest BCUT2D eigenvalue weighted by Gasteiger charge is -2.34. The van der Waals surface area contributed by atoms with Gasteiger partial charge in [-0.25, -0.2) is 9.37 Å². The average molecular weight is 575 g/mol. The maximum absolute atomic E-state index is 14.7. The number of aliphatic hydroxyl groups is 1. The number of pyridine rings is 1. The molecular formula is C26H31ClF4N4O4. The number of carbonyl (C=O) groups excluding carboxylic acids is 2. The molecule has 2 heterocycles. The van der Waals surface area contributed by atoms with E-state index < -0.39 is 36.0 Å². The summed E-state index contributed by atoms with van der Waals surface area (Å²) >= 11 is 6.20. The van der Waals surface area contributed by atoms with Crippen molar-refractivity contribution in [3.05, 3.63) is 52.7 Å². The number of piperidine rings is 1. The monoisotopic (exact) mass is 574 g/mol. The number of amides is 2. The molecule has 2 unspecified atom stereocenters. The van der Waals surface area contributed by atoms with E-state index in [1.54, 1.807) is 26.2 Å². The van der Waals surface area contributed by atoms with Gasteiger partial charge in [0.15, 0.2) is 0 Å². The molecule has 1 aliphatic heterocycles. The zero-order valence-corrected chi connectivity index (χ0v) is 22.5. The molecule has 3 rings (SSSR count). The van der Waals surface area contributed by atoms with Crippen molar-refractivity contribution in [3.8, 4) is 5.75 Å².